The number of anilines is 1. The SMILES string of the molecule is Cc1cc(NC(=O)[C@H](C)SCc2cc(Cl)c3c(c2)OCO3)no1. The van der Waals surface area contributed by atoms with Crippen molar-refractivity contribution in [3.63, 3.8) is 0 Å². The predicted octanol–water partition coefficient (Wildman–Crippen LogP) is 3.63. The highest BCUT2D eigenvalue weighted by Crippen LogP contribution is 2.40. The third-order valence-electron chi connectivity index (χ3n) is 3.24. The van der Waals surface area contributed by atoms with Crippen LogP contribution in [-0.2, 0) is 10.5 Å². The van der Waals surface area contributed by atoms with Crippen LogP contribution in [0.2, 0.25) is 5.02 Å². The van der Waals surface area contributed by atoms with Crippen molar-refractivity contribution in [1.29, 1.82) is 0 Å². The Hall–Kier alpha value is -1.86. The molecule has 0 saturated heterocycles. The lowest BCUT2D eigenvalue weighted by atomic mass is 10.2. The number of carbonyl (C=O) groups is 1. The van der Waals surface area contributed by atoms with E-state index in [1.54, 1.807) is 13.0 Å². The molecule has 1 aliphatic heterocycles. The van der Waals surface area contributed by atoms with Gasteiger partial charge in [-0.3, -0.25) is 4.79 Å². The number of benzene rings is 1. The predicted molar refractivity (Wildman–Crippen MR) is 88.2 cm³/mol. The number of halogens is 1. The molecule has 0 spiro atoms. The van der Waals surface area contributed by atoms with Gasteiger partial charge in [-0.2, -0.15) is 0 Å². The second kappa shape index (κ2) is 6.72. The first-order chi connectivity index (χ1) is 11.0. The molecule has 0 radical (unpaired) electrons. The highest BCUT2D eigenvalue weighted by Gasteiger charge is 2.20. The summed E-state index contributed by atoms with van der Waals surface area (Å²) in [6.45, 7) is 3.79. The van der Waals surface area contributed by atoms with E-state index in [1.807, 2.05) is 19.1 Å². The largest absolute Gasteiger partial charge is 0.454 e. The summed E-state index contributed by atoms with van der Waals surface area (Å²) < 4.78 is 15.5. The number of aromatic nitrogens is 1. The smallest absolute Gasteiger partial charge is 0.238 e. The summed E-state index contributed by atoms with van der Waals surface area (Å²) >= 11 is 7.64. The molecule has 1 aromatic heterocycles. The van der Waals surface area contributed by atoms with Gasteiger partial charge in [0.25, 0.3) is 0 Å². The van der Waals surface area contributed by atoms with Crippen LogP contribution < -0.4 is 14.8 Å². The lowest BCUT2D eigenvalue weighted by molar-refractivity contribution is -0.115. The van der Waals surface area contributed by atoms with Gasteiger partial charge in [0.1, 0.15) is 5.76 Å². The maximum absolute atomic E-state index is 12.1. The molecule has 0 saturated carbocycles. The van der Waals surface area contributed by atoms with Gasteiger partial charge in [0.05, 0.1) is 10.3 Å². The average molecular weight is 355 g/mol. The summed E-state index contributed by atoms with van der Waals surface area (Å²) in [5, 5.41) is 6.73. The normalized spacial score (nSPS) is 13.9. The zero-order valence-electron chi connectivity index (χ0n) is 12.6. The van der Waals surface area contributed by atoms with Crippen molar-refractivity contribution in [3.8, 4) is 11.5 Å². The Morgan fingerprint density at radius 3 is 3.00 bits per heavy atom. The Labute approximate surface area is 142 Å². The molecule has 2 aromatic rings. The molecule has 0 aliphatic carbocycles. The second-order valence-electron chi connectivity index (χ2n) is 5.08. The van der Waals surface area contributed by atoms with Gasteiger partial charge in [-0.25, -0.2) is 0 Å². The molecule has 1 N–H and O–H groups in total. The molecule has 3 rings (SSSR count). The van der Waals surface area contributed by atoms with E-state index in [0.29, 0.717) is 33.9 Å². The summed E-state index contributed by atoms with van der Waals surface area (Å²) in [6, 6.07) is 5.38. The molecule has 6 nitrogen and oxygen atoms in total. The van der Waals surface area contributed by atoms with Gasteiger partial charge in [-0.15, -0.1) is 11.8 Å². The van der Waals surface area contributed by atoms with Gasteiger partial charge in [-0.1, -0.05) is 16.8 Å². The van der Waals surface area contributed by atoms with Crippen molar-refractivity contribution in [2.45, 2.75) is 24.9 Å². The molecular weight excluding hydrogens is 340 g/mol. The third kappa shape index (κ3) is 3.73. The molecule has 1 aliphatic rings. The van der Waals surface area contributed by atoms with Crippen molar-refractivity contribution in [1.82, 2.24) is 5.16 Å². The lowest BCUT2D eigenvalue weighted by Gasteiger charge is -2.11. The molecule has 0 fully saturated rings. The van der Waals surface area contributed by atoms with Crippen LogP contribution >= 0.6 is 23.4 Å². The van der Waals surface area contributed by atoms with Crippen molar-refractivity contribution in [2.75, 3.05) is 12.1 Å². The van der Waals surface area contributed by atoms with Crippen molar-refractivity contribution < 1.29 is 18.8 Å². The van der Waals surface area contributed by atoms with Crippen LogP contribution in [0.25, 0.3) is 0 Å². The maximum atomic E-state index is 12.1. The number of thioether (sulfide) groups is 1. The molecule has 1 atom stereocenters. The molecule has 0 unspecified atom stereocenters. The number of nitrogens with zero attached hydrogens (tertiary/aromatic N) is 1. The Kier molecular flexibility index (Phi) is 4.68. The summed E-state index contributed by atoms with van der Waals surface area (Å²) in [4.78, 5) is 12.1. The number of fused-ring (bicyclic) bond motifs is 1. The van der Waals surface area contributed by atoms with Gasteiger partial charge in [0.2, 0.25) is 12.7 Å². The third-order valence-corrected chi connectivity index (χ3v) is 4.73. The van der Waals surface area contributed by atoms with Crippen LogP contribution in [0.4, 0.5) is 5.82 Å². The highest BCUT2D eigenvalue weighted by atomic mass is 35.5. The first-order valence-corrected chi connectivity index (χ1v) is 8.39. The topological polar surface area (TPSA) is 73.6 Å². The summed E-state index contributed by atoms with van der Waals surface area (Å²) in [7, 11) is 0. The fourth-order valence-corrected chi connectivity index (χ4v) is 3.16. The number of rotatable bonds is 5. The quantitative estimate of drug-likeness (QED) is 0.883. The summed E-state index contributed by atoms with van der Waals surface area (Å²) in [6.07, 6.45) is 0. The van der Waals surface area contributed by atoms with E-state index < -0.39 is 0 Å². The standard InChI is InChI=1S/C15H15ClN2O4S/c1-8-3-13(18-22-8)17-15(19)9(2)23-6-10-4-11(16)14-12(5-10)20-7-21-14/h3-5,9H,6-7H2,1-2H3,(H,17,18,19)/t9-/m0/s1. The van der Waals surface area contributed by atoms with E-state index in [0.717, 1.165) is 5.56 Å². The molecular formula is C15H15ClN2O4S. The lowest BCUT2D eigenvalue weighted by Crippen LogP contribution is -2.22. The Morgan fingerprint density at radius 2 is 2.26 bits per heavy atom. The number of hydrogen-bond donors (Lipinski definition) is 1. The van der Waals surface area contributed by atoms with Gasteiger partial charge in [0.15, 0.2) is 17.3 Å². The van der Waals surface area contributed by atoms with Crippen molar-refractivity contribution in [2.24, 2.45) is 0 Å². The van der Waals surface area contributed by atoms with E-state index in [1.165, 1.54) is 11.8 Å². The number of ether oxygens (including phenoxy) is 2. The molecule has 23 heavy (non-hydrogen) atoms. The van der Waals surface area contributed by atoms with Gasteiger partial charge in [-0.05, 0) is 31.5 Å². The molecule has 1 aromatic carbocycles. The van der Waals surface area contributed by atoms with Crippen LogP contribution in [0, 0.1) is 6.92 Å². The molecule has 0 bridgehead atoms. The van der Waals surface area contributed by atoms with Crippen LogP contribution in [0.15, 0.2) is 22.7 Å². The zero-order valence-corrected chi connectivity index (χ0v) is 14.2. The summed E-state index contributed by atoms with van der Waals surface area (Å²) in [5.41, 5.74) is 0.973. The van der Waals surface area contributed by atoms with E-state index >= 15 is 0 Å². The monoisotopic (exact) mass is 354 g/mol. The fraction of sp³-hybridized carbons (Fsp3) is 0.333. The minimum atomic E-state index is -0.254. The average Bonchev–Trinajstić information content (AvgIpc) is 3.14. The van der Waals surface area contributed by atoms with Crippen molar-refractivity contribution in [3.05, 3.63) is 34.5 Å². The van der Waals surface area contributed by atoms with Crippen LogP contribution in [-0.4, -0.2) is 23.1 Å². The molecule has 122 valence electrons. The highest BCUT2D eigenvalue weighted by molar-refractivity contribution is 7.99. The molecule has 2 heterocycles. The summed E-state index contributed by atoms with van der Waals surface area (Å²) in [5.74, 6) is 2.79. The maximum Gasteiger partial charge on any atom is 0.238 e. The van der Waals surface area contributed by atoms with Gasteiger partial charge < -0.3 is 19.3 Å². The van der Waals surface area contributed by atoms with E-state index in [2.05, 4.69) is 10.5 Å². The molecule has 8 heteroatoms. The van der Waals surface area contributed by atoms with Crippen LogP contribution in [0.1, 0.15) is 18.2 Å². The minimum absolute atomic E-state index is 0.129. The van der Waals surface area contributed by atoms with E-state index in [-0.39, 0.29) is 18.0 Å². The minimum Gasteiger partial charge on any atom is -0.454 e. The van der Waals surface area contributed by atoms with Crippen molar-refractivity contribution >= 4 is 35.1 Å². The zero-order chi connectivity index (χ0) is 16.4. The Morgan fingerprint density at radius 1 is 1.43 bits per heavy atom. The van der Waals surface area contributed by atoms with Crippen LogP contribution in [0.3, 0.4) is 0 Å². The number of carbonyl (C=O) groups excluding carboxylic acids is 1. The number of amides is 1. The fourth-order valence-electron chi connectivity index (χ4n) is 2.05. The first kappa shape index (κ1) is 16.0. The van der Waals surface area contributed by atoms with Gasteiger partial charge >= 0.3 is 0 Å². The van der Waals surface area contributed by atoms with E-state index in [4.69, 9.17) is 25.6 Å². The number of aryl methyl sites for hydroxylation is 1. The molecule has 1 amide bonds. The van der Waals surface area contributed by atoms with E-state index in [9.17, 15) is 4.79 Å². The number of hydrogen-bond acceptors (Lipinski definition) is 6. The Bertz CT molecular complexity index is 734. The first-order valence-electron chi connectivity index (χ1n) is 6.97. The number of nitrogens with one attached hydrogen (secondary N) is 1. The Balaban J connectivity index is 1.57. The van der Waals surface area contributed by atoms with Gasteiger partial charge in [0, 0.05) is 11.8 Å². The second-order valence-corrected chi connectivity index (χ2v) is 6.81. The van der Waals surface area contributed by atoms with Crippen LogP contribution in [0.5, 0.6) is 11.5 Å².